The minimum Gasteiger partial charge on any atom is -0.345 e. The number of anilines is 1. The second-order valence-corrected chi connectivity index (χ2v) is 6.05. The second-order valence-electron chi connectivity index (χ2n) is 5.61. The highest BCUT2D eigenvalue weighted by Gasteiger charge is 2.30. The molecule has 1 aromatic carbocycles. The summed E-state index contributed by atoms with van der Waals surface area (Å²) in [6, 6.07) is 11.5. The molecule has 22 heavy (non-hydrogen) atoms. The number of rotatable bonds is 2. The van der Waals surface area contributed by atoms with Crippen LogP contribution in [0.15, 0.2) is 36.4 Å². The summed E-state index contributed by atoms with van der Waals surface area (Å²) in [5.41, 5.74) is 3.19. The summed E-state index contributed by atoms with van der Waals surface area (Å²) in [7, 11) is 0. The maximum absolute atomic E-state index is 12.6. The monoisotopic (exact) mass is 317 g/mol. The van der Waals surface area contributed by atoms with Crippen LogP contribution in [0, 0.1) is 6.92 Å². The van der Waals surface area contributed by atoms with E-state index in [1.54, 1.807) is 12.1 Å². The molecular weight excluding hydrogens is 298 g/mol. The topological polar surface area (TPSA) is 37.3 Å². The van der Waals surface area contributed by atoms with Gasteiger partial charge in [0.05, 0.1) is 6.04 Å². The normalized spacial score (nSPS) is 17.2. The zero-order valence-electron chi connectivity index (χ0n) is 12.8. The molecule has 116 valence electrons. The lowest BCUT2D eigenvalue weighted by Gasteiger charge is -2.37. The van der Waals surface area contributed by atoms with E-state index in [4.69, 9.17) is 11.6 Å². The average Bonchev–Trinajstić information content (AvgIpc) is 2.88. The molecule has 0 radical (unpaired) electrons. The Hall–Kier alpha value is -1.94. The van der Waals surface area contributed by atoms with Gasteiger partial charge in [-0.15, -0.1) is 0 Å². The van der Waals surface area contributed by atoms with Gasteiger partial charge in [-0.05, 0) is 43.7 Å². The predicted molar refractivity (Wildman–Crippen MR) is 89.4 cm³/mol. The van der Waals surface area contributed by atoms with Gasteiger partial charge in [0, 0.05) is 35.2 Å². The molecule has 0 bridgehead atoms. The Balaban J connectivity index is 1.81. The van der Waals surface area contributed by atoms with E-state index in [0.717, 1.165) is 18.7 Å². The van der Waals surface area contributed by atoms with Gasteiger partial charge in [-0.3, -0.25) is 0 Å². The number of carbonyl (C=O) groups is 1. The van der Waals surface area contributed by atoms with Crippen molar-refractivity contribution in [3.63, 3.8) is 0 Å². The highest BCUT2D eigenvalue weighted by Crippen LogP contribution is 2.30. The molecule has 5 heteroatoms. The van der Waals surface area contributed by atoms with E-state index in [9.17, 15) is 4.79 Å². The van der Waals surface area contributed by atoms with Crippen molar-refractivity contribution in [3.05, 3.63) is 52.8 Å². The number of urea groups is 1. The fourth-order valence-electron chi connectivity index (χ4n) is 3.14. The number of fused-ring (bicyclic) bond motifs is 1. The first kappa shape index (κ1) is 15.0. The molecule has 0 fully saturated rings. The second kappa shape index (κ2) is 6.05. The summed E-state index contributed by atoms with van der Waals surface area (Å²) in [4.78, 5) is 14.5. The Morgan fingerprint density at radius 3 is 2.86 bits per heavy atom. The zero-order chi connectivity index (χ0) is 15.7. The van der Waals surface area contributed by atoms with Gasteiger partial charge in [-0.25, -0.2) is 4.79 Å². The number of carbonyl (C=O) groups excluding carboxylic acids is 1. The third-order valence-electron chi connectivity index (χ3n) is 4.24. The molecule has 0 unspecified atom stereocenters. The van der Waals surface area contributed by atoms with E-state index < -0.39 is 0 Å². The van der Waals surface area contributed by atoms with Crippen molar-refractivity contribution in [2.75, 3.05) is 11.9 Å². The number of benzene rings is 1. The minimum absolute atomic E-state index is 0.0702. The summed E-state index contributed by atoms with van der Waals surface area (Å²) in [6.07, 6.45) is 0.895. The number of hydrogen-bond donors (Lipinski definition) is 1. The van der Waals surface area contributed by atoms with Crippen molar-refractivity contribution < 1.29 is 4.79 Å². The van der Waals surface area contributed by atoms with Crippen LogP contribution in [0.5, 0.6) is 0 Å². The van der Waals surface area contributed by atoms with Crippen LogP contribution >= 0.6 is 11.6 Å². The van der Waals surface area contributed by atoms with Crippen LogP contribution in [0.1, 0.15) is 30.8 Å². The standard InChI is InChI=1S/C17H20ClN3O/c1-3-15-16-8-7-12(2)20(16)9-10-21(15)17(22)19-14-6-4-5-13(18)11-14/h4-8,11,15H,3,9-10H2,1-2H3,(H,19,22)/t15-/m0/s1. The van der Waals surface area contributed by atoms with E-state index in [1.165, 1.54) is 11.4 Å². The molecule has 1 aliphatic rings. The number of amides is 2. The maximum atomic E-state index is 12.6. The van der Waals surface area contributed by atoms with Crippen molar-refractivity contribution in [1.82, 2.24) is 9.47 Å². The zero-order valence-corrected chi connectivity index (χ0v) is 13.6. The van der Waals surface area contributed by atoms with Gasteiger partial charge in [-0.1, -0.05) is 24.6 Å². The number of aromatic nitrogens is 1. The summed E-state index contributed by atoms with van der Waals surface area (Å²) < 4.78 is 2.30. The highest BCUT2D eigenvalue weighted by atomic mass is 35.5. The summed E-state index contributed by atoms with van der Waals surface area (Å²) in [5.74, 6) is 0. The lowest BCUT2D eigenvalue weighted by molar-refractivity contribution is 0.165. The molecule has 0 aliphatic carbocycles. The van der Waals surface area contributed by atoms with Crippen LogP contribution in [-0.2, 0) is 6.54 Å². The average molecular weight is 318 g/mol. The summed E-state index contributed by atoms with van der Waals surface area (Å²) >= 11 is 5.97. The lowest BCUT2D eigenvalue weighted by atomic mass is 10.1. The minimum atomic E-state index is -0.0702. The molecule has 1 aromatic heterocycles. The number of nitrogens with zero attached hydrogens (tertiary/aromatic N) is 2. The molecule has 1 atom stereocenters. The molecule has 1 N–H and O–H groups in total. The van der Waals surface area contributed by atoms with Gasteiger partial charge in [0.25, 0.3) is 0 Å². The first-order valence-electron chi connectivity index (χ1n) is 7.59. The lowest BCUT2D eigenvalue weighted by Crippen LogP contribution is -2.44. The Kier molecular flexibility index (Phi) is 4.12. The molecular formula is C17H20ClN3O. The van der Waals surface area contributed by atoms with Crippen molar-refractivity contribution in [1.29, 1.82) is 0 Å². The van der Waals surface area contributed by atoms with Gasteiger partial charge in [0.2, 0.25) is 0 Å². The van der Waals surface area contributed by atoms with E-state index in [0.29, 0.717) is 11.6 Å². The molecule has 2 aromatic rings. The van der Waals surface area contributed by atoms with E-state index in [-0.39, 0.29) is 12.1 Å². The Morgan fingerprint density at radius 2 is 2.14 bits per heavy atom. The van der Waals surface area contributed by atoms with Crippen molar-refractivity contribution >= 4 is 23.3 Å². The molecule has 0 saturated carbocycles. The first-order valence-corrected chi connectivity index (χ1v) is 7.97. The van der Waals surface area contributed by atoms with E-state index >= 15 is 0 Å². The molecule has 4 nitrogen and oxygen atoms in total. The van der Waals surface area contributed by atoms with Gasteiger partial charge < -0.3 is 14.8 Å². The van der Waals surface area contributed by atoms with E-state index in [2.05, 4.69) is 35.9 Å². The Morgan fingerprint density at radius 1 is 1.32 bits per heavy atom. The Labute approximate surface area is 135 Å². The van der Waals surface area contributed by atoms with Crippen LogP contribution in [-0.4, -0.2) is 22.0 Å². The van der Waals surface area contributed by atoms with Gasteiger partial charge in [0.15, 0.2) is 0 Å². The van der Waals surface area contributed by atoms with Crippen LogP contribution in [0.2, 0.25) is 5.02 Å². The SMILES string of the molecule is CC[C@H]1c2ccc(C)n2CCN1C(=O)Nc1cccc(Cl)c1. The predicted octanol–water partition coefficient (Wildman–Crippen LogP) is 4.45. The highest BCUT2D eigenvalue weighted by molar-refractivity contribution is 6.30. The smallest absolute Gasteiger partial charge is 0.322 e. The molecule has 2 heterocycles. The van der Waals surface area contributed by atoms with Crippen molar-refractivity contribution in [3.8, 4) is 0 Å². The van der Waals surface area contributed by atoms with Gasteiger partial charge in [-0.2, -0.15) is 0 Å². The van der Waals surface area contributed by atoms with Gasteiger partial charge >= 0.3 is 6.03 Å². The fraction of sp³-hybridized carbons (Fsp3) is 0.353. The van der Waals surface area contributed by atoms with Crippen LogP contribution in [0.25, 0.3) is 0 Å². The van der Waals surface area contributed by atoms with Crippen LogP contribution in [0.3, 0.4) is 0 Å². The number of hydrogen-bond acceptors (Lipinski definition) is 1. The summed E-state index contributed by atoms with van der Waals surface area (Å²) in [5, 5.41) is 3.57. The molecule has 3 rings (SSSR count). The Bertz CT molecular complexity index is 695. The third-order valence-corrected chi connectivity index (χ3v) is 4.47. The largest absolute Gasteiger partial charge is 0.345 e. The number of halogens is 1. The van der Waals surface area contributed by atoms with Crippen molar-refractivity contribution in [2.45, 2.75) is 32.9 Å². The number of aryl methyl sites for hydroxylation is 1. The maximum Gasteiger partial charge on any atom is 0.322 e. The van der Waals surface area contributed by atoms with Gasteiger partial charge in [0.1, 0.15) is 0 Å². The molecule has 0 saturated heterocycles. The third kappa shape index (κ3) is 2.71. The molecule has 1 aliphatic heterocycles. The first-order chi connectivity index (χ1) is 10.6. The quantitative estimate of drug-likeness (QED) is 0.873. The van der Waals surface area contributed by atoms with E-state index in [1.807, 2.05) is 17.0 Å². The van der Waals surface area contributed by atoms with Crippen molar-refractivity contribution in [2.24, 2.45) is 0 Å². The van der Waals surface area contributed by atoms with Crippen LogP contribution < -0.4 is 5.32 Å². The number of nitrogens with one attached hydrogen (secondary N) is 1. The summed E-state index contributed by atoms with van der Waals surface area (Å²) in [6.45, 7) is 5.78. The molecule has 2 amide bonds. The molecule has 0 spiro atoms. The van der Waals surface area contributed by atoms with Crippen LogP contribution in [0.4, 0.5) is 10.5 Å². The fourth-order valence-corrected chi connectivity index (χ4v) is 3.33.